The predicted octanol–water partition coefficient (Wildman–Crippen LogP) is 2.67. The van der Waals surface area contributed by atoms with Gasteiger partial charge in [0.1, 0.15) is 11.4 Å². The number of carbonyl (C=O) groups excluding carboxylic acids is 2. The van der Waals surface area contributed by atoms with E-state index in [4.69, 9.17) is 9.47 Å². The van der Waals surface area contributed by atoms with Crippen LogP contribution in [0.25, 0.3) is 0 Å². The zero-order chi connectivity index (χ0) is 20.8. The van der Waals surface area contributed by atoms with Crippen molar-refractivity contribution in [1.82, 2.24) is 15.6 Å². The van der Waals surface area contributed by atoms with Crippen molar-refractivity contribution in [3.05, 3.63) is 29.6 Å². The van der Waals surface area contributed by atoms with Crippen molar-refractivity contribution in [3.63, 3.8) is 0 Å². The highest BCUT2D eigenvalue weighted by Gasteiger charge is 2.11. The Morgan fingerprint density at radius 2 is 1.29 bits per heavy atom. The van der Waals surface area contributed by atoms with Gasteiger partial charge in [0, 0.05) is 39.5 Å². The molecule has 0 aliphatic heterocycles. The molecule has 0 radical (unpaired) electrons. The molecule has 0 aliphatic rings. The first kappa shape index (κ1) is 24.0. The number of ether oxygens (including phenoxy) is 2. The maximum Gasteiger partial charge on any atom is 0.269 e. The van der Waals surface area contributed by atoms with Gasteiger partial charge < -0.3 is 20.1 Å². The van der Waals surface area contributed by atoms with Gasteiger partial charge in [0.2, 0.25) is 0 Å². The van der Waals surface area contributed by atoms with Gasteiger partial charge in [0.05, 0.1) is 0 Å². The Hall–Kier alpha value is -1.99. The molecular weight excluding hydrogens is 358 g/mol. The minimum atomic E-state index is -0.291. The van der Waals surface area contributed by atoms with E-state index >= 15 is 0 Å². The Morgan fingerprint density at radius 3 is 1.68 bits per heavy atom. The minimum absolute atomic E-state index is 0.232. The smallest absolute Gasteiger partial charge is 0.269 e. The summed E-state index contributed by atoms with van der Waals surface area (Å²) in [7, 11) is 0. The molecule has 28 heavy (non-hydrogen) atoms. The van der Waals surface area contributed by atoms with Gasteiger partial charge in [-0.3, -0.25) is 9.59 Å². The largest absolute Gasteiger partial charge is 0.381 e. The molecule has 0 aromatic carbocycles. The van der Waals surface area contributed by atoms with Crippen LogP contribution in [0.3, 0.4) is 0 Å². The van der Waals surface area contributed by atoms with Gasteiger partial charge in [0.15, 0.2) is 0 Å². The van der Waals surface area contributed by atoms with Gasteiger partial charge in [-0.05, 0) is 36.8 Å². The highest BCUT2D eigenvalue weighted by atomic mass is 16.5. The fourth-order valence-electron chi connectivity index (χ4n) is 2.26. The molecule has 0 saturated carbocycles. The van der Waals surface area contributed by atoms with Crippen LogP contribution < -0.4 is 10.6 Å². The van der Waals surface area contributed by atoms with Gasteiger partial charge >= 0.3 is 0 Å². The van der Waals surface area contributed by atoms with Crippen LogP contribution in [0.15, 0.2) is 18.2 Å². The average molecular weight is 394 g/mol. The minimum Gasteiger partial charge on any atom is -0.381 e. The van der Waals surface area contributed by atoms with E-state index < -0.39 is 0 Å². The Morgan fingerprint density at radius 1 is 0.857 bits per heavy atom. The SMILES string of the molecule is CC(C)COCCCNC(=O)c1cccc(C(=O)NCCCOCC(C)C)n1. The maximum absolute atomic E-state index is 12.2. The van der Waals surface area contributed by atoms with Crippen molar-refractivity contribution in [1.29, 1.82) is 0 Å². The molecule has 0 bridgehead atoms. The van der Waals surface area contributed by atoms with Crippen LogP contribution in [0.1, 0.15) is 61.5 Å². The summed E-state index contributed by atoms with van der Waals surface area (Å²) in [6.45, 7) is 12.0. The molecule has 0 saturated heterocycles. The van der Waals surface area contributed by atoms with E-state index in [-0.39, 0.29) is 23.2 Å². The summed E-state index contributed by atoms with van der Waals surface area (Å²) in [5.41, 5.74) is 0.465. The number of hydrogen-bond acceptors (Lipinski definition) is 5. The van der Waals surface area contributed by atoms with E-state index in [1.54, 1.807) is 18.2 Å². The Labute approximate surface area is 168 Å². The summed E-state index contributed by atoms with van der Waals surface area (Å²) in [5.74, 6) is 0.418. The number of nitrogens with one attached hydrogen (secondary N) is 2. The van der Waals surface area contributed by atoms with Crippen molar-refractivity contribution in [2.75, 3.05) is 39.5 Å². The van der Waals surface area contributed by atoms with Crippen molar-refractivity contribution in [2.24, 2.45) is 11.8 Å². The fourth-order valence-corrected chi connectivity index (χ4v) is 2.26. The Balaban J connectivity index is 2.31. The summed E-state index contributed by atoms with van der Waals surface area (Å²) >= 11 is 0. The standard InChI is InChI=1S/C21H35N3O4/c1-16(2)14-27-12-6-10-22-20(25)18-8-5-9-19(24-18)21(26)23-11-7-13-28-15-17(3)4/h5,8-9,16-17H,6-7,10-15H2,1-4H3,(H,22,25)(H,23,26). The van der Waals surface area contributed by atoms with Crippen LogP contribution in [0.4, 0.5) is 0 Å². The lowest BCUT2D eigenvalue weighted by molar-refractivity contribution is 0.0918. The lowest BCUT2D eigenvalue weighted by Crippen LogP contribution is -2.29. The first-order chi connectivity index (χ1) is 13.4. The van der Waals surface area contributed by atoms with E-state index in [0.29, 0.717) is 38.1 Å². The molecule has 1 aromatic heterocycles. The van der Waals surface area contributed by atoms with Gasteiger partial charge in [-0.1, -0.05) is 33.8 Å². The van der Waals surface area contributed by atoms with Crippen LogP contribution in [0.2, 0.25) is 0 Å². The third-order valence-electron chi connectivity index (χ3n) is 3.62. The normalized spacial score (nSPS) is 11.1. The molecule has 7 heteroatoms. The molecule has 2 N–H and O–H groups in total. The molecule has 1 heterocycles. The second kappa shape index (κ2) is 14.1. The Bertz CT molecular complexity index is 544. The first-order valence-electron chi connectivity index (χ1n) is 10.1. The monoisotopic (exact) mass is 393 g/mol. The molecule has 0 unspecified atom stereocenters. The molecule has 1 aromatic rings. The number of hydrogen-bond donors (Lipinski definition) is 2. The van der Waals surface area contributed by atoms with E-state index in [2.05, 4.69) is 43.3 Å². The van der Waals surface area contributed by atoms with E-state index in [0.717, 1.165) is 26.1 Å². The van der Waals surface area contributed by atoms with Crippen LogP contribution in [0.5, 0.6) is 0 Å². The van der Waals surface area contributed by atoms with Crippen LogP contribution in [-0.4, -0.2) is 56.3 Å². The number of nitrogens with zero attached hydrogens (tertiary/aromatic N) is 1. The number of aromatic nitrogens is 1. The summed E-state index contributed by atoms with van der Waals surface area (Å²) < 4.78 is 11.0. The van der Waals surface area contributed by atoms with Crippen LogP contribution in [0, 0.1) is 11.8 Å². The lowest BCUT2D eigenvalue weighted by Gasteiger charge is -2.09. The van der Waals surface area contributed by atoms with Crippen LogP contribution >= 0.6 is 0 Å². The van der Waals surface area contributed by atoms with Crippen molar-refractivity contribution in [3.8, 4) is 0 Å². The summed E-state index contributed by atoms with van der Waals surface area (Å²) in [5, 5.41) is 5.60. The summed E-state index contributed by atoms with van der Waals surface area (Å²) in [6.07, 6.45) is 1.47. The quantitative estimate of drug-likeness (QED) is 0.474. The molecular formula is C21H35N3O4. The number of rotatable bonds is 14. The van der Waals surface area contributed by atoms with E-state index in [9.17, 15) is 9.59 Å². The van der Waals surface area contributed by atoms with Crippen molar-refractivity contribution >= 4 is 11.8 Å². The number of pyridine rings is 1. The first-order valence-corrected chi connectivity index (χ1v) is 10.1. The molecule has 2 amide bonds. The molecule has 0 aliphatic carbocycles. The molecule has 0 atom stereocenters. The average Bonchev–Trinajstić information content (AvgIpc) is 2.66. The molecule has 0 spiro atoms. The molecule has 7 nitrogen and oxygen atoms in total. The van der Waals surface area contributed by atoms with Crippen molar-refractivity contribution < 1.29 is 19.1 Å². The highest BCUT2D eigenvalue weighted by Crippen LogP contribution is 2.01. The second-order valence-corrected chi connectivity index (χ2v) is 7.56. The third kappa shape index (κ3) is 11.0. The van der Waals surface area contributed by atoms with Crippen molar-refractivity contribution in [2.45, 2.75) is 40.5 Å². The van der Waals surface area contributed by atoms with Gasteiger partial charge in [-0.15, -0.1) is 0 Å². The highest BCUT2D eigenvalue weighted by molar-refractivity contribution is 5.96. The maximum atomic E-state index is 12.2. The molecule has 0 fully saturated rings. The third-order valence-corrected chi connectivity index (χ3v) is 3.62. The Kier molecular flexibility index (Phi) is 12.1. The lowest BCUT2D eigenvalue weighted by atomic mass is 10.2. The summed E-state index contributed by atoms with van der Waals surface area (Å²) in [6, 6.07) is 4.86. The number of amides is 2. The zero-order valence-electron chi connectivity index (χ0n) is 17.6. The topological polar surface area (TPSA) is 89.5 Å². The fraction of sp³-hybridized carbons (Fsp3) is 0.667. The van der Waals surface area contributed by atoms with Crippen LogP contribution in [-0.2, 0) is 9.47 Å². The van der Waals surface area contributed by atoms with Gasteiger partial charge in [-0.25, -0.2) is 4.98 Å². The predicted molar refractivity (Wildman–Crippen MR) is 109 cm³/mol. The van der Waals surface area contributed by atoms with Gasteiger partial charge in [-0.2, -0.15) is 0 Å². The summed E-state index contributed by atoms with van der Waals surface area (Å²) in [4.78, 5) is 28.5. The molecule has 1 rings (SSSR count). The van der Waals surface area contributed by atoms with E-state index in [1.807, 2.05) is 0 Å². The number of carbonyl (C=O) groups is 2. The van der Waals surface area contributed by atoms with Gasteiger partial charge in [0.25, 0.3) is 11.8 Å². The van der Waals surface area contributed by atoms with E-state index in [1.165, 1.54) is 0 Å². The second-order valence-electron chi connectivity index (χ2n) is 7.56. The molecule has 158 valence electrons. The zero-order valence-corrected chi connectivity index (χ0v) is 17.6.